The van der Waals surface area contributed by atoms with Crippen LogP contribution in [0.1, 0.15) is 5.69 Å². The number of rotatable bonds is 4. The van der Waals surface area contributed by atoms with Crippen LogP contribution in [0.2, 0.25) is 0 Å². The first-order chi connectivity index (χ1) is 8.66. The molecule has 0 aliphatic heterocycles. The number of carboxylic acid groups (broad SMARTS) is 1. The summed E-state index contributed by atoms with van der Waals surface area (Å²) in [7, 11) is 0. The molecule has 2 aromatic heterocycles. The highest BCUT2D eigenvalue weighted by atomic mass is 16.4. The Bertz CT molecular complexity index is 543. The summed E-state index contributed by atoms with van der Waals surface area (Å²) < 4.78 is 0. The van der Waals surface area contributed by atoms with Crippen LogP contribution < -0.4 is 5.73 Å². The van der Waals surface area contributed by atoms with Crippen molar-refractivity contribution in [3.05, 3.63) is 48.3 Å². The van der Waals surface area contributed by atoms with Crippen molar-refractivity contribution in [2.75, 3.05) is 0 Å². The van der Waals surface area contributed by atoms with E-state index in [9.17, 15) is 4.79 Å². The summed E-state index contributed by atoms with van der Waals surface area (Å²) in [4.78, 5) is 19.2. The molecule has 5 heteroatoms. The van der Waals surface area contributed by atoms with E-state index in [1.807, 2.05) is 30.3 Å². The molecule has 0 saturated carbocycles. The van der Waals surface area contributed by atoms with Gasteiger partial charge >= 0.3 is 5.97 Å². The molecule has 3 N–H and O–H groups in total. The minimum absolute atomic E-state index is 0.204. The van der Waals surface area contributed by atoms with E-state index < -0.39 is 12.0 Å². The molecule has 2 aromatic rings. The second-order valence-electron chi connectivity index (χ2n) is 3.88. The Hall–Kier alpha value is -2.27. The van der Waals surface area contributed by atoms with E-state index >= 15 is 0 Å². The fourth-order valence-corrected chi connectivity index (χ4v) is 1.56. The summed E-state index contributed by atoms with van der Waals surface area (Å²) in [6, 6.07) is 10.0. The van der Waals surface area contributed by atoms with E-state index in [1.54, 1.807) is 12.3 Å². The summed E-state index contributed by atoms with van der Waals surface area (Å²) in [5, 5.41) is 8.76. The number of aliphatic carboxylic acids is 1. The molecule has 0 aromatic carbocycles. The van der Waals surface area contributed by atoms with Crippen molar-refractivity contribution in [3.63, 3.8) is 0 Å². The number of nitrogens with zero attached hydrogens (tertiary/aromatic N) is 2. The zero-order valence-electron chi connectivity index (χ0n) is 9.65. The van der Waals surface area contributed by atoms with Crippen LogP contribution >= 0.6 is 0 Å². The van der Waals surface area contributed by atoms with E-state index in [-0.39, 0.29) is 6.42 Å². The first kappa shape index (κ1) is 12.2. The lowest BCUT2D eigenvalue weighted by molar-refractivity contribution is -0.138. The average Bonchev–Trinajstić information content (AvgIpc) is 2.40. The van der Waals surface area contributed by atoms with E-state index in [0.717, 1.165) is 5.69 Å². The average molecular weight is 243 g/mol. The van der Waals surface area contributed by atoms with Gasteiger partial charge in [0.15, 0.2) is 0 Å². The van der Waals surface area contributed by atoms with Gasteiger partial charge in [-0.1, -0.05) is 12.1 Å². The summed E-state index contributed by atoms with van der Waals surface area (Å²) in [5.41, 5.74) is 7.60. The van der Waals surface area contributed by atoms with Crippen molar-refractivity contribution in [3.8, 4) is 11.4 Å². The van der Waals surface area contributed by atoms with Crippen LogP contribution in [0.15, 0.2) is 42.6 Å². The van der Waals surface area contributed by atoms with Crippen molar-refractivity contribution in [1.29, 1.82) is 0 Å². The maximum absolute atomic E-state index is 10.7. The minimum Gasteiger partial charge on any atom is -0.480 e. The number of aromatic nitrogens is 2. The van der Waals surface area contributed by atoms with Crippen molar-refractivity contribution >= 4 is 5.97 Å². The summed E-state index contributed by atoms with van der Waals surface area (Å²) in [6.45, 7) is 0. The van der Waals surface area contributed by atoms with Gasteiger partial charge in [-0.05, 0) is 24.3 Å². The lowest BCUT2D eigenvalue weighted by atomic mass is 10.1. The van der Waals surface area contributed by atoms with Gasteiger partial charge in [-0.2, -0.15) is 0 Å². The van der Waals surface area contributed by atoms with Crippen LogP contribution in [0, 0.1) is 0 Å². The lowest BCUT2D eigenvalue weighted by Gasteiger charge is -2.07. The second kappa shape index (κ2) is 5.37. The van der Waals surface area contributed by atoms with Crippen molar-refractivity contribution in [1.82, 2.24) is 9.97 Å². The first-order valence-electron chi connectivity index (χ1n) is 5.52. The van der Waals surface area contributed by atoms with Gasteiger partial charge in [0.25, 0.3) is 0 Å². The van der Waals surface area contributed by atoms with Crippen LogP contribution in [0.4, 0.5) is 0 Å². The first-order valence-corrected chi connectivity index (χ1v) is 5.52. The fraction of sp³-hybridized carbons (Fsp3) is 0.154. The van der Waals surface area contributed by atoms with Crippen molar-refractivity contribution in [2.45, 2.75) is 12.5 Å². The third kappa shape index (κ3) is 2.89. The summed E-state index contributed by atoms with van der Waals surface area (Å²) >= 11 is 0. The SMILES string of the molecule is N[C@@H](Cc1cccc(-c2ccccn2)n1)C(=O)O. The van der Waals surface area contributed by atoms with Gasteiger partial charge in [0.05, 0.1) is 11.4 Å². The van der Waals surface area contributed by atoms with Gasteiger partial charge in [0.1, 0.15) is 6.04 Å². The Morgan fingerprint density at radius 3 is 2.67 bits per heavy atom. The molecule has 0 unspecified atom stereocenters. The molecule has 0 radical (unpaired) electrons. The van der Waals surface area contributed by atoms with Gasteiger partial charge < -0.3 is 10.8 Å². The molecule has 2 rings (SSSR count). The Labute approximate surface area is 104 Å². The van der Waals surface area contributed by atoms with Gasteiger partial charge in [-0.3, -0.25) is 14.8 Å². The van der Waals surface area contributed by atoms with Crippen LogP contribution in [-0.4, -0.2) is 27.1 Å². The van der Waals surface area contributed by atoms with Crippen LogP contribution in [0.25, 0.3) is 11.4 Å². The lowest BCUT2D eigenvalue weighted by Crippen LogP contribution is -2.32. The zero-order valence-corrected chi connectivity index (χ0v) is 9.65. The molecular weight excluding hydrogens is 230 g/mol. The van der Waals surface area contributed by atoms with Gasteiger partial charge in [-0.15, -0.1) is 0 Å². The number of nitrogens with two attached hydrogens (primary N) is 1. The summed E-state index contributed by atoms with van der Waals surface area (Å²) in [6.07, 6.45) is 1.89. The monoisotopic (exact) mass is 243 g/mol. The largest absolute Gasteiger partial charge is 0.480 e. The normalized spacial score (nSPS) is 12.1. The molecule has 1 atom stereocenters. The maximum Gasteiger partial charge on any atom is 0.320 e. The van der Waals surface area contributed by atoms with E-state index in [0.29, 0.717) is 11.4 Å². The van der Waals surface area contributed by atoms with E-state index in [2.05, 4.69) is 9.97 Å². The smallest absolute Gasteiger partial charge is 0.320 e. The van der Waals surface area contributed by atoms with Gasteiger partial charge in [0.2, 0.25) is 0 Å². The molecular formula is C13H13N3O2. The molecule has 0 aliphatic rings. The number of hydrogen-bond donors (Lipinski definition) is 2. The minimum atomic E-state index is -1.03. The highest BCUT2D eigenvalue weighted by Crippen LogP contribution is 2.14. The number of hydrogen-bond acceptors (Lipinski definition) is 4. The van der Waals surface area contributed by atoms with Crippen molar-refractivity contribution < 1.29 is 9.90 Å². The van der Waals surface area contributed by atoms with Gasteiger partial charge in [0, 0.05) is 18.3 Å². The Balaban J connectivity index is 2.23. The maximum atomic E-state index is 10.7. The number of carboxylic acids is 1. The standard InChI is InChI=1S/C13H13N3O2/c14-10(13(17)18)8-9-4-3-6-12(16-9)11-5-1-2-7-15-11/h1-7,10H,8,14H2,(H,17,18)/t10-/m0/s1. The number of carbonyl (C=O) groups is 1. The Kier molecular flexibility index (Phi) is 3.64. The van der Waals surface area contributed by atoms with Gasteiger partial charge in [-0.25, -0.2) is 0 Å². The predicted octanol–water partition coefficient (Wildman–Crippen LogP) is 1.10. The highest BCUT2D eigenvalue weighted by molar-refractivity contribution is 5.73. The van der Waals surface area contributed by atoms with Crippen molar-refractivity contribution in [2.24, 2.45) is 5.73 Å². The third-order valence-electron chi connectivity index (χ3n) is 2.48. The van der Waals surface area contributed by atoms with Crippen LogP contribution in [-0.2, 0) is 11.2 Å². The molecule has 18 heavy (non-hydrogen) atoms. The molecule has 0 saturated heterocycles. The fourth-order valence-electron chi connectivity index (χ4n) is 1.56. The predicted molar refractivity (Wildman–Crippen MR) is 66.8 cm³/mol. The molecule has 0 spiro atoms. The van der Waals surface area contributed by atoms with Crippen LogP contribution in [0.3, 0.4) is 0 Å². The quantitative estimate of drug-likeness (QED) is 0.839. The molecule has 0 fully saturated rings. The molecule has 0 bridgehead atoms. The highest BCUT2D eigenvalue weighted by Gasteiger charge is 2.13. The third-order valence-corrected chi connectivity index (χ3v) is 2.48. The molecule has 2 heterocycles. The topological polar surface area (TPSA) is 89.1 Å². The molecule has 0 aliphatic carbocycles. The second-order valence-corrected chi connectivity index (χ2v) is 3.88. The molecule has 0 amide bonds. The van der Waals surface area contributed by atoms with E-state index in [4.69, 9.17) is 10.8 Å². The Morgan fingerprint density at radius 2 is 2.00 bits per heavy atom. The number of pyridine rings is 2. The molecule has 92 valence electrons. The summed E-state index contributed by atoms with van der Waals surface area (Å²) in [5.74, 6) is -1.03. The Morgan fingerprint density at radius 1 is 1.22 bits per heavy atom. The van der Waals surface area contributed by atoms with Crippen LogP contribution in [0.5, 0.6) is 0 Å². The molecule has 5 nitrogen and oxygen atoms in total. The van der Waals surface area contributed by atoms with E-state index in [1.165, 1.54) is 0 Å². The zero-order chi connectivity index (χ0) is 13.0.